The number of hydrogen-bond donors (Lipinski definition) is 0. The molecule has 0 fully saturated rings. The van der Waals surface area contributed by atoms with Crippen LogP contribution in [-0.4, -0.2) is 18.4 Å². The van der Waals surface area contributed by atoms with Crippen LogP contribution >= 0.6 is 0 Å². The van der Waals surface area contributed by atoms with Gasteiger partial charge in [0.25, 0.3) is 0 Å². The first kappa shape index (κ1) is 10.9. The van der Waals surface area contributed by atoms with Crippen molar-refractivity contribution in [2.24, 2.45) is 0 Å². The molecule has 0 bridgehead atoms. The summed E-state index contributed by atoms with van der Waals surface area (Å²) in [5.41, 5.74) is 0.859. The number of esters is 1. The van der Waals surface area contributed by atoms with E-state index in [-0.39, 0.29) is 11.4 Å². The van der Waals surface area contributed by atoms with Crippen LogP contribution in [0.25, 0.3) is 0 Å². The molecular weight excluding hydrogens is 156 g/mol. The van der Waals surface area contributed by atoms with Crippen LogP contribution in [0.4, 0.5) is 0 Å². The topological polar surface area (TPSA) is 43.4 Å². The Morgan fingerprint density at radius 3 is 1.92 bits per heavy atom. The van der Waals surface area contributed by atoms with Crippen molar-refractivity contribution in [1.29, 1.82) is 0 Å². The third kappa shape index (κ3) is 2.86. The van der Waals surface area contributed by atoms with E-state index < -0.39 is 5.97 Å². The predicted molar refractivity (Wildman–Crippen MR) is 45.7 cm³/mol. The Labute approximate surface area is 72.4 Å². The number of allylic oxidation sites excluding steroid dienone is 1. The third-order valence-corrected chi connectivity index (χ3v) is 1.33. The Hall–Kier alpha value is -1.12. The van der Waals surface area contributed by atoms with Crippen LogP contribution in [0.3, 0.4) is 0 Å². The molecule has 0 aromatic heterocycles. The van der Waals surface area contributed by atoms with Crippen molar-refractivity contribution >= 4 is 11.8 Å². The molecule has 0 unspecified atom stereocenters. The molecule has 0 spiro atoms. The van der Waals surface area contributed by atoms with E-state index in [4.69, 9.17) is 4.74 Å². The largest absolute Gasteiger partial charge is 0.462 e. The van der Waals surface area contributed by atoms with Crippen molar-refractivity contribution in [3.8, 4) is 0 Å². The monoisotopic (exact) mass is 170 g/mol. The smallest absolute Gasteiger partial charge is 0.341 e. The molecule has 0 atom stereocenters. The lowest BCUT2D eigenvalue weighted by molar-refractivity contribution is -0.139. The molecule has 12 heavy (non-hydrogen) atoms. The van der Waals surface area contributed by atoms with Gasteiger partial charge in [0, 0.05) is 0 Å². The zero-order valence-corrected chi connectivity index (χ0v) is 7.93. The van der Waals surface area contributed by atoms with Crippen molar-refractivity contribution in [1.82, 2.24) is 0 Å². The summed E-state index contributed by atoms with van der Waals surface area (Å²) in [6.45, 7) is 6.80. The highest BCUT2D eigenvalue weighted by Crippen LogP contribution is 2.06. The van der Waals surface area contributed by atoms with Crippen molar-refractivity contribution in [3.63, 3.8) is 0 Å². The van der Waals surface area contributed by atoms with Gasteiger partial charge < -0.3 is 4.74 Å². The van der Waals surface area contributed by atoms with E-state index >= 15 is 0 Å². The van der Waals surface area contributed by atoms with E-state index in [1.807, 2.05) is 0 Å². The minimum Gasteiger partial charge on any atom is -0.462 e. The van der Waals surface area contributed by atoms with Gasteiger partial charge in [-0.15, -0.1) is 0 Å². The number of carbonyl (C=O) groups excluding carboxylic acids is 2. The molecule has 0 saturated carbocycles. The summed E-state index contributed by atoms with van der Waals surface area (Å²) in [6.07, 6.45) is 0. The molecular formula is C9H14O3. The number of hydrogen-bond acceptors (Lipinski definition) is 3. The van der Waals surface area contributed by atoms with Crippen molar-refractivity contribution in [2.45, 2.75) is 27.7 Å². The Morgan fingerprint density at radius 1 is 1.17 bits per heavy atom. The van der Waals surface area contributed by atoms with Crippen LogP contribution in [0.1, 0.15) is 27.7 Å². The van der Waals surface area contributed by atoms with Crippen molar-refractivity contribution in [3.05, 3.63) is 11.1 Å². The third-order valence-electron chi connectivity index (χ3n) is 1.33. The Kier molecular flexibility index (Phi) is 4.26. The van der Waals surface area contributed by atoms with Crippen molar-refractivity contribution in [2.75, 3.05) is 6.61 Å². The molecule has 0 saturated heterocycles. The standard InChI is InChI=1S/C9H14O3/c1-5-12-9(11)8(6(2)3)7(4)10/h5H2,1-4H3. The summed E-state index contributed by atoms with van der Waals surface area (Å²) in [5.74, 6) is -0.765. The second-order valence-corrected chi connectivity index (χ2v) is 2.65. The average Bonchev–Trinajstić information content (AvgIpc) is 1.85. The minimum atomic E-state index is -0.523. The van der Waals surface area contributed by atoms with E-state index in [0.29, 0.717) is 12.2 Å². The van der Waals surface area contributed by atoms with Crippen LogP contribution in [-0.2, 0) is 14.3 Å². The van der Waals surface area contributed by atoms with E-state index in [1.165, 1.54) is 6.92 Å². The zero-order valence-electron chi connectivity index (χ0n) is 7.93. The maximum atomic E-state index is 11.1. The van der Waals surface area contributed by atoms with Gasteiger partial charge in [-0.2, -0.15) is 0 Å². The van der Waals surface area contributed by atoms with Gasteiger partial charge in [-0.25, -0.2) is 4.79 Å². The van der Waals surface area contributed by atoms with Gasteiger partial charge in [-0.1, -0.05) is 5.57 Å². The van der Waals surface area contributed by atoms with Gasteiger partial charge in [0.1, 0.15) is 5.57 Å². The molecule has 0 aromatic carbocycles. The number of carbonyl (C=O) groups is 2. The molecule has 0 rings (SSSR count). The maximum absolute atomic E-state index is 11.1. The second-order valence-electron chi connectivity index (χ2n) is 2.65. The number of ketones is 1. The van der Waals surface area contributed by atoms with Crippen LogP contribution in [0, 0.1) is 0 Å². The molecule has 0 radical (unpaired) electrons. The molecule has 0 amide bonds. The first-order valence-electron chi connectivity index (χ1n) is 3.86. The fraction of sp³-hybridized carbons (Fsp3) is 0.556. The van der Waals surface area contributed by atoms with Gasteiger partial charge in [0.05, 0.1) is 6.61 Å². The SMILES string of the molecule is CCOC(=O)C(C(C)=O)=C(C)C. The summed E-state index contributed by atoms with van der Waals surface area (Å²) in [5, 5.41) is 0. The summed E-state index contributed by atoms with van der Waals surface area (Å²) >= 11 is 0. The maximum Gasteiger partial charge on any atom is 0.341 e. The van der Waals surface area contributed by atoms with Crippen LogP contribution < -0.4 is 0 Å². The fourth-order valence-corrected chi connectivity index (χ4v) is 0.903. The lowest BCUT2D eigenvalue weighted by Crippen LogP contribution is -2.14. The quantitative estimate of drug-likeness (QED) is 0.279. The van der Waals surface area contributed by atoms with Crippen LogP contribution in [0.15, 0.2) is 11.1 Å². The lowest BCUT2D eigenvalue weighted by atomic mass is 10.1. The van der Waals surface area contributed by atoms with Crippen molar-refractivity contribution < 1.29 is 14.3 Å². The predicted octanol–water partition coefficient (Wildman–Crippen LogP) is 1.47. The number of ether oxygens (including phenoxy) is 1. The number of Topliss-reactive ketones (excluding diaryl/α,β-unsaturated/α-hetero) is 1. The van der Waals surface area contributed by atoms with Gasteiger partial charge in [0.15, 0.2) is 5.78 Å². The van der Waals surface area contributed by atoms with Gasteiger partial charge in [0.2, 0.25) is 0 Å². The summed E-state index contributed by atoms with van der Waals surface area (Å²) in [6, 6.07) is 0. The highest BCUT2D eigenvalue weighted by Gasteiger charge is 2.16. The fourth-order valence-electron chi connectivity index (χ4n) is 0.903. The summed E-state index contributed by atoms with van der Waals surface area (Å²) in [7, 11) is 0. The summed E-state index contributed by atoms with van der Waals surface area (Å²) < 4.78 is 4.71. The van der Waals surface area contributed by atoms with E-state index in [2.05, 4.69) is 0 Å². The number of rotatable bonds is 3. The van der Waals surface area contributed by atoms with E-state index in [9.17, 15) is 9.59 Å². The van der Waals surface area contributed by atoms with Gasteiger partial charge in [-0.3, -0.25) is 4.79 Å². The Morgan fingerprint density at radius 2 is 1.67 bits per heavy atom. The van der Waals surface area contributed by atoms with E-state index in [0.717, 1.165) is 0 Å². The summed E-state index contributed by atoms with van der Waals surface area (Å²) in [4.78, 5) is 22.1. The first-order valence-corrected chi connectivity index (χ1v) is 3.86. The normalized spacial score (nSPS) is 9.00. The second kappa shape index (κ2) is 4.70. The zero-order chi connectivity index (χ0) is 9.72. The minimum absolute atomic E-state index is 0.164. The van der Waals surface area contributed by atoms with Gasteiger partial charge >= 0.3 is 5.97 Å². The molecule has 3 heteroatoms. The molecule has 0 heterocycles. The Balaban J connectivity index is 4.67. The molecule has 0 aliphatic heterocycles. The van der Waals surface area contributed by atoms with Gasteiger partial charge in [-0.05, 0) is 27.7 Å². The average molecular weight is 170 g/mol. The molecule has 68 valence electrons. The molecule has 0 aliphatic carbocycles. The lowest BCUT2D eigenvalue weighted by Gasteiger charge is -2.04. The van der Waals surface area contributed by atoms with Crippen LogP contribution in [0.5, 0.6) is 0 Å². The Bertz CT molecular complexity index is 222. The highest BCUT2D eigenvalue weighted by molar-refractivity contribution is 6.16. The molecule has 0 aromatic rings. The van der Waals surface area contributed by atoms with E-state index in [1.54, 1.807) is 20.8 Å². The first-order chi connectivity index (χ1) is 5.50. The van der Waals surface area contributed by atoms with Crippen LogP contribution in [0.2, 0.25) is 0 Å². The molecule has 3 nitrogen and oxygen atoms in total. The molecule has 0 aliphatic rings. The molecule has 0 N–H and O–H groups in total. The highest BCUT2D eigenvalue weighted by atomic mass is 16.5.